The van der Waals surface area contributed by atoms with Crippen LogP contribution in [0.3, 0.4) is 0 Å². The minimum absolute atomic E-state index is 0.0217. The maximum atomic E-state index is 13.1. The topological polar surface area (TPSA) is 45.1 Å². The number of ether oxygens (including phenoxy) is 1. The summed E-state index contributed by atoms with van der Waals surface area (Å²) in [5, 5.41) is 6.97. The molecule has 1 atom stereocenters. The van der Waals surface area contributed by atoms with E-state index in [4.69, 9.17) is 21.4 Å². The Morgan fingerprint density at radius 2 is 1.96 bits per heavy atom. The van der Waals surface area contributed by atoms with Gasteiger partial charge in [0.1, 0.15) is 5.75 Å². The summed E-state index contributed by atoms with van der Waals surface area (Å²) in [6.07, 6.45) is 0.612. The van der Waals surface area contributed by atoms with E-state index >= 15 is 0 Å². The van der Waals surface area contributed by atoms with Gasteiger partial charge in [-0.05, 0) is 36.9 Å². The molecule has 0 spiro atoms. The van der Waals surface area contributed by atoms with Crippen LogP contribution in [0.15, 0.2) is 53.6 Å². The Hall–Kier alpha value is -2.37. The number of methoxy groups -OCH3 is 1. The number of hydrazone groups is 1. The summed E-state index contributed by atoms with van der Waals surface area (Å²) in [6, 6.07) is 15.2. The van der Waals surface area contributed by atoms with Gasteiger partial charge < -0.3 is 4.74 Å². The predicted octanol–water partition coefficient (Wildman–Crippen LogP) is 4.37. The minimum atomic E-state index is -0.210. The Kier molecular flexibility index (Phi) is 6.70. The summed E-state index contributed by atoms with van der Waals surface area (Å²) in [4.78, 5) is 15.2. The number of amides is 1. The van der Waals surface area contributed by atoms with Crippen molar-refractivity contribution in [2.45, 2.75) is 26.3 Å². The van der Waals surface area contributed by atoms with Gasteiger partial charge in [-0.2, -0.15) is 5.10 Å². The zero-order valence-corrected chi connectivity index (χ0v) is 17.3. The van der Waals surface area contributed by atoms with Crippen molar-refractivity contribution in [3.8, 4) is 5.75 Å². The van der Waals surface area contributed by atoms with Gasteiger partial charge in [-0.25, -0.2) is 5.01 Å². The third-order valence-electron chi connectivity index (χ3n) is 5.09. The SMILES string of the molecule is CCN(CC)CC(=O)N1N=C(c2cccc(OC)c2)C[C@@H]1c1ccccc1Cl. The van der Waals surface area contributed by atoms with Crippen LogP contribution in [0.2, 0.25) is 5.02 Å². The van der Waals surface area contributed by atoms with E-state index in [1.54, 1.807) is 12.1 Å². The van der Waals surface area contributed by atoms with E-state index in [0.717, 1.165) is 35.7 Å². The van der Waals surface area contributed by atoms with Gasteiger partial charge in [-0.1, -0.05) is 55.8 Å². The van der Waals surface area contributed by atoms with Crippen molar-refractivity contribution in [1.82, 2.24) is 9.91 Å². The van der Waals surface area contributed by atoms with Gasteiger partial charge in [0.15, 0.2) is 0 Å². The van der Waals surface area contributed by atoms with Crippen LogP contribution in [-0.2, 0) is 4.79 Å². The molecule has 0 saturated carbocycles. The summed E-state index contributed by atoms with van der Waals surface area (Å²) in [5.74, 6) is 0.744. The van der Waals surface area contributed by atoms with Crippen molar-refractivity contribution in [2.24, 2.45) is 5.10 Å². The maximum Gasteiger partial charge on any atom is 0.257 e. The smallest absolute Gasteiger partial charge is 0.257 e. The van der Waals surface area contributed by atoms with Crippen LogP contribution in [0.5, 0.6) is 5.75 Å². The molecular weight excluding hydrogens is 374 g/mol. The highest BCUT2D eigenvalue weighted by molar-refractivity contribution is 6.31. The molecule has 0 fully saturated rings. The van der Waals surface area contributed by atoms with E-state index < -0.39 is 0 Å². The number of hydrogen-bond donors (Lipinski definition) is 0. The molecule has 0 N–H and O–H groups in total. The number of hydrogen-bond acceptors (Lipinski definition) is 4. The van der Waals surface area contributed by atoms with Gasteiger partial charge >= 0.3 is 0 Å². The molecular formula is C22H26ClN3O2. The molecule has 0 bridgehead atoms. The first-order valence-corrected chi connectivity index (χ1v) is 9.95. The van der Waals surface area contributed by atoms with Crippen LogP contribution in [-0.4, -0.2) is 48.3 Å². The van der Waals surface area contributed by atoms with Crippen molar-refractivity contribution in [2.75, 3.05) is 26.7 Å². The Labute approximate surface area is 171 Å². The summed E-state index contributed by atoms with van der Waals surface area (Å²) >= 11 is 6.46. The Morgan fingerprint density at radius 1 is 1.21 bits per heavy atom. The Morgan fingerprint density at radius 3 is 2.64 bits per heavy atom. The van der Waals surface area contributed by atoms with Gasteiger partial charge in [0.2, 0.25) is 0 Å². The largest absolute Gasteiger partial charge is 0.497 e. The molecule has 1 heterocycles. The quantitative estimate of drug-likeness (QED) is 0.694. The molecule has 6 heteroatoms. The molecule has 0 unspecified atom stereocenters. The van der Waals surface area contributed by atoms with Crippen LogP contribution in [0.4, 0.5) is 0 Å². The van der Waals surface area contributed by atoms with Crippen molar-refractivity contribution in [3.63, 3.8) is 0 Å². The molecule has 28 heavy (non-hydrogen) atoms. The number of likely N-dealkylation sites (N-methyl/N-ethyl adjacent to an activating group) is 1. The zero-order chi connectivity index (χ0) is 20.1. The highest BCUT2D eigenvalue weighted by Gasteiger charge is 2.34. The van der Waals surface area contributed by atoms with Gasteiger partial charge in [0.05, 0.1) is 25.4 Å². The number of benzene rings is 2. The second-order valence-corrected chi connectivity index (χ2v) is 7.13. The number of rotatable bonds is 7. The fourth-order valence-electron chi connectivity index (χ4n) is 3.42. The van der Waals surface area contributed by atoms with Crippen molar-refractivity contribution < 1.29 is 9.53 Å². The maximum absolute atomic E-state index is 13.1. The third kappa shape index (κ3) is 4.37. The summed E-state index contributed by atoms with van der Waals surface area (Å²) in [6.45, 7) is 6.08. The normalized spacial score (nSPS) is 16.4. The first kappa shape index (κ1) is 20.4. The van der Waals surface area contributed by atoms with Crippen molar-refractivity contribution in [3.05, 3.63) is 64.7 Å². The molecule has 1 amide bonds. The van der Waals surface area contributed by atoms with E-state index in [1.165, 1.54) is 0 Å². The third-order valence-corrected chi connectivity index (χ3v) is 5.43. The van der Waals surface area contributed by atoms with Gasteiger partial charge in [0, 0.05) is 17.0 Å². The van der Waals surface area contributed by atoms with Crippen LogP contribution in [0, 0.1) is 0 Å². The number of carbonyl (C=O) groups excluding carboxylic acids is 1. The van der Waals surface area contributed by atoms with Crippen molar-refractivity contribution >= 4 is 23.2 Å². The van der Waals surface area contributed by atoms with E-state index in [0.29, 0.717) is 18.0 Å². The lowest BCUT2D eigenvalue weighted by molar-refractivity contribution is -0.134. The van der Waals surface area contributed by atoms with E-state index in [9.17, 15) is 4.79 Å². The van der Waals surface area contributed by atoms with E-state index in [-0.39, 0.29) is 11.9 Å². The molecule has 1 aliphatic rings. The molecule has 0 radical (unpaired) electrons. The molecule has 0 aliphatic carbocycles. The lowest BCUT2D eigenvalue weighted by Gasteiger charge is -2.26. The Balaban J connectivity index is 1.95. The molecule has 5 nitrogen and oxygen atoms in total. The highest BCUT2D eigenvalue weighted by atomic mass is 35.5. The van der Waals surface area contributed by atoms with Crippen molar-refractivity contribution in [1.29, 1.82) is 0 Å². The molecule has 0 aromatic heterocycles. The Bertz CT molecular complexity index is 864. The monoisotopic (exact) mass is 399 g/mol. The molecule has 2 aromatic carbocycles. The zero-order valence-electron chi connectivity index (χ0n) is 16.6. The van der Waals surface area contributed by atoms with Crippen LogP contribution in [0.1, 0.15) is 37.4 Å². The molecule has 3 rings (SSSR count). The van der Waals surface area contributed by atoms with E-state index in [1.807, 2.05) is 48.5 Å². The van der Waals surface area contributed by atoms with Crippen LogP contribution in [0.25, 0.3) is 0 Å². The van der Waals surface area contributed by atoms with Crippen LogP contribution < -0.4 is 4.74 Å². The second-order valence-electron chi connectivity index (χ2n) is 6.72. The number of halogens is 1. The van der Waals surface area contributed by atoms with Gasteiger partial charge in [-0.3, -0.25) is 9.69 Å². The van der Waals surface area contributed by atoms with E-state index in [2.05, 4.69) is 18.7 Å². The fourth-order valence-corrected chi connectivity index (χ4v) is 3.68. The minimum Gasteiger partial charge on any atom is -0.497 e. The van der Waals surface area contributed by atoms with Gasteiger partial charge in [0.25, 0.3) is 5.91 Å². The highest BCUT2D eigenvalue weighted by Crippen LogP contribution is 2.36. The second kappa shape index (κ2) is 9.22. The average molecular weight is 400 g/mol. The summed E-state index contributed by atoms with van der Waals surface area (Å²) in [5.41, 5.74) is 2.73. The summed E-state index contributed by atoms with van der Waals surface area (Å²) in [7, 11) is 1.64. The first-order valence-electron chi connectivity index (χ1n) is 9.58. The summed E-state index contributed by atoms with van der Waals surface area (Å²) < 4.78 is 5.34. The molecule has 148 valence electrons. The number of nitrogens with zero attached hydrogens (tertiary/aromatic N) is 3. The fraction of sp³-hybridized carbons (Fsp3) is 0.364. The molecule has 0 saturated heterocycles. The lowest BCUT2D eigenvalue weighted by Crippen LogP contribution is -2.38. The molecule has 2 aromatic rings. The van der Waals surface area contributed by atoms with Crippen LogP contribution >= 0.6 is 11.6 Å². The number of carbonyl (C=O) groups is 1. The lowest BCUT2D eigenvalue weighted by atomic mass is 9.98. The first-order chi connectivity index (χ1) is 13.6. The van der Waals surface area contributed by atoms with Gasteiger partial charge in [-0.15, -0.1) is 0 Å². The predicted molar refractivity (Wildman–Crippen MR) is 113 cm³/mol. The average Bonchev–Trinajstić information content (AvgIpc) is 3.17. The molecule has 1 aliphatic heterocycles. The standard InChI is InChI=1S/C22H26ClN3O2/c1-4-25(5-2)15-22(27)26-21(18-11-6-7-12-19(18)23)14-20(24-26)16-9-8-10-17(13-16)28-3/h6-13,21H,4-5,14-15H2,1-3H3/t21-/m1/s1.